The van der Waals surface area contributed by atoms with Crippen molar-refractivity contribution in [3.05, 3.63) is 35.4 Å². The average Bonchev–Trinajstić information content (AvgIpc) is 2.38. The second-order valence-electron chi connectivity index (χ2n) is 7.17. The number of nitrogens with one attached hydrogen (secondary N) is 1. The van der Waals surface area contributed by atoms with Gasteiger partial charge in [-0.25, -0.2) is 0 Å². The van der Waals surface area contributed by atoms with E-state index >= 15 is 0 Å². The minimum absolute atomic E-state index is 0.264. The van der Waals surface area contributed by atoms with Crippen molar-refractivity contribution < 1.29 is 0 Å². The fraction of sp³-hybridized carbons (Fsp3) is 0.667. The van der Waals surface area contributed by atoms with E-state index in [9.17, 15) is 0 Å². The van der Waals surface area contributed by atoms with Gasteiger partial charge in [0.2, 0.25) is 0 Å². The standard InChI is InChI=1S/C18H29N/c1-18(2,3)16-10-8-14(9-11-16)12-15-6-5-7-17(13-15)19-4/h8-11,15,17,19H,5-7,12-13H2,1-4H3. The van der Waals surface area contributed by atoms with Crippen LogP contribution in [0.5, 0.6) is 0 Å². The summed E-state index contributed by atoms with van der Waals surface area (Å²) in [6, 6.07) is 10.0. The van der Waals surface area contributed by atoms with Crippen molar-refractivity contribution in [1.29, 1.82) is 0 Å². The quantitative estimate of drug-likeness (QED) is 0.853. The van der Waals surface area contributed by atoms with Crippen molar-refractivity contribution in [3.8, 4) is 0 Å². The Bertz CT molecular complexity index is 385. The molecule has 0 bridgehead atoms. The summed E-state index contributed by atoms with van der Waals surface area (Å²) in [6.45, 7) is 6.84. The van der Waals surface area contributed by atoms with E-state index in [4.69, 9.17) is 0 Å². The Morgan fingerprint density at radius 1 is 1.11 bits per heavy atom. The van der Waals surface area contributed by atoms with E-state index in [1.807, 2.05) is 0 Å². The highest BCUT2D eigenvalue weighted by Gasteiger charge is 2.21. The summed E-state index contributed by atoms with van der Waals surface area (Å²) in [5.74, 6) is 0.867. The number of rotatable bonds is 3. The second kappa shape index (κ2) is 6.09. The predicted molar refractivity (Wildman–Crippen MR) is 83.7 cm³/mol. The van der Waals surface area contributed by atoms with Gasteiger partial charge in [-0.05, 0) is 48.8 Å². The van der Waals surface area contributed by atoms with Gasteiger partial charge in [0.1, 0.15) is 0 Å². The molecule has 1 aromatic rings. The molecule has 1 N–H and O–H groups in total. The predicted octanol–water partition coefficient (Wildman–Crippen LogP) is 4.30. The highest BCUT2D eigenvalue weighted by Crippen LogP contribution is 2.28. The van der Waals surface area contributed by atoms with Crippen LogP contribution in [0.25, 0.3) is 0 Å². The lowest BCUT2D eigenvalue weighted by molar-refractivity contribution is 0.294. The Hall–Kier alpha value is -0.820. The summed E-state index contributed by atoms with van der Waals surface area (Å²) in [4.78, 5) is 0. The first-order chi connectivity index (χ1) is 8.99. The fourth-order valence-corrected chi connectivity index (χ4v) is 3.21. The first-order valence-corrected chi connectivity index (χ1v) is 7.75. The van der Waals surface area contributed by atoms with Gasteiger partial charge in [-0.3, -0.25) is 0 Å². The maximum absolute atomic E-state index is 3.45. The summed E-state index contributed by atoms with van der Waals surface area (Å²) in [5, 5.41) is 3.45. The van der Waals surface area contributed by atoms with E-state index < -0.39 is 0 Å². The minimum Gasteiger partial charge on any atom is -0.317 e. The van der Waals surface area contributed by atoms with Gasteiger partial charge in [-0.2, -0.15) is 0 Å². The molecular formula is C18H29N. The molecule has 0 radical (unpaired) electrons. The van der Waals surface area contributed by atoms with E-state index in [0.29, 0.717) is 0 Å². The third kappa shape index (κ3) is 4.07. The van der Waals surface area contributed by atoms with Gasteiger partial charge in [0.05, 0.1) is 0 Å². The number of benzene rings is 1. The molecule has 1 heteroatoms. The lowest BCUT2D eigenvalue weighted by Crippen LogP contribution is -2.31. The Kier molecular flexibility index (Phi) is 4.67. The van der Waals surface area contributed by atoms with E-state index in [1.165, 1.54) is 43.2 Å². The smallest absolute Gasteiger partial charge is 0.00668 e. The van der Waals surface area contributed by atoms with Crippen molar-refractivity contribution in [2.45, 2.75) is 64.3 Å². The maximum Gasteiger partial charge on any atom is 0.00668 e. The highest BCUT2D eigenvalue weighted by atomic mass is 14.9. The van der Waals surface area contributed by atoms with Gasteiger partial charge in [0.25, 0.3) is 0 Å². The van der Waals surface area contributed by atoms with Gasteiger partial charge in [-0.15, -0.1) is 0 Å². The fourth-order valence-electron chi connectivity index (χ4n) is 3.21. The summed E-state index contributed by atoms with van der Waals surface area (Å²) >= 11 is 0. The van der Waals surface area contributed by atoms with Crippen molar-refractivity contribution in [2.24, 2.45) is 5.92 Å². The Labute approximate surface area is 118 Å². The van der Waals surface area contributed by atoms with Crippen LogP contribution in [-0.4, -0.2) is 13.1 Å². The molecule has 1 aliphatic carbocycles. The van der Waals surface area contributed by atoms with E-state index in [2.05, 4.69) is 57.4 Å². The molecule has 2 unspecified atom stereocenters. The molecule has 1 aliphatic rings. The van der Waals surface area contributed by atoms with E-state index in [-0.39, 0.29) is 5.41 Å². The lowest BCUT2D eigenvalue weighted by Gasteiger charge is -2.29. The zero-order valence-electron chi connectivity index (χ0n) is 13.0. The van der Waals surface area contributed by atoms with E-state index in [0.717, 1.165) is 12.0 Å². The molecule has 2 atom stereocenters. The molecule has 2 rings (SSSR count). The SMILES string of the molecule is CNC1CCCC(Cc2ccc(C(C)(C)C)cc2)C1. The second-order valence-corrected chi connectivity index (χ2v) is 7.17. The van der Waals surface area contributed by atoms with Gasteiger partial charge < -0.3 is 5.32 Å². The van der Waals surface area contributed by atoms with Crippen molar-refractivity contribution >= 4 is 0 Å². The highest BCUT2D eigenvalue weighted by molar-refractivity contribution is 5.27. The number of hydrogen-bond donors (Lipinski definition) is 1. The molecule has 0 saturated heterocycles. The first-order valence-electron chi connectivity index (χ1n) is 7.75. The zero-order valence-corrected chi connectivity index (χ0v) is 13.0. The van der Waals surface area contributed by atoms with Crippen LogP contribution in [0.2, 0.25) is 0 Å². The topological polar surface area (TPSA) is 12.0 Å². The molecule has 0 amide bonds. The third-order valence-corrected chi connectivity index (χ3v) is 4.54. The van der Waals surface area contributed by atoms with Crippen molar-refractivity contribution in [2.75, 3.05) is 7.05 Å². The van der Waals surface area contributed by atoms with Gasteiger partial charge in [-0.1, -0.05) is 57.9 Å². The van der Waals surface area contributed by atoms with Crippen molar-refractivity contribution in [3.63, 3.8) is 0 Å². The molecule has 1 fully saturated rings. The number of hydrogen-bond acceptors (Lipinski definition) is 1. The van der Waals surface area contributed by atoms with Crippen LogP contribution in [0.1, 0.15) is 57.6 Å². The minimum atomic E-state index is 0.264. The normalized spacial score (nSPS) is 24.4. The first kappa shape index (κ1) is 14.6. The molecule has 0 spiro atoms. The van der Waals surface area contributed by atoms with Gasteiger partial charge in [0, 0.05) is 6.04 Å². The summed E-state index contributed by atoms with van der Waals surface area (Å²) in [5.41, 5.74) is 3.21. The Morgan fingerprint density at radius 3 is 2.37 bits per heavy atom. The van der Waals surface area contributed by atoms with Crippen LogP contribution in [0.15, 0.2) is 24.3 Å². The third-order valence-electron chi connectivity index (χ3n) is 4.54. The lowest BCUT2D eigenvalue weighted by atomic mass is 9.81. The van der Waals surface area contributed by atoms with Crippen molar-refractivity contribution in [1.82, 2.24) is 5.32 Å². The molecule has 0 aliphatic heterocycles. The summed E-state index contributed by atoms with van der Waals surface area (Å²) in [6.07, 6.45) is 6.74. The Balaban J connectivity index is 1.96. The van der Waals surface area contributed by atoms with E-state index in [1.54, 1.807) is 0 Å². The largest absolute Gasteiger partial charge is 0.317 e. The molecule has 1 saturated carbocycles. The van der Waals surface area contributed by atoms with Crippen LogP contribution in [-0.2, 0) is 11.8 Å². The molecule has 19 heavy (non-hydrogen) atoms. The zero-order chi connectivity index (χ0) is 13.9. The molecule has 106 valence electrons. The van der Waals surface area contributed by atoms with Crippen LogP contribution >= 0.6 is 0 Å². The molecule has 1 nitrogen and oxygen atoms in total. The molecule has 0 heterocycles. The van der Waals surface area contributed by atoms with Gasteiger partial charge >= 0.3 is 0 Å². The molecule has 1 aromatic carbocycles. The Morgan fingerprint density at radius 2 is 1.79 bits per heavy atom. The molecular weight excluding hydrogens is 230 g/mol. The van der Waals surface area contributed by atoms with Gasteiger partial charge in [0.15, 0.2) is 0 Å². The van der Waals surface area contributed by atoms with Crippen LogP contribution < -0.4 is 5.32 Å². The van der Waals surface area contributed by atoms with Crippen LogP contribution in [0.4, 0.5) is 0 Å². The average molecular weight is 259 g/mol. The van der Waals surface area contributed by atoms with Crippen LogP contribution in [0, 0.1) is 5.92 Å². The monoisotopic (exact) mass is 259 g/mol. The molecule has 0 aromatic heterocycles. The van der Waals surface area contributed by atoms with Crippen LogP contribution in [0.3, 0.4) is 0 Å². The summed E-state index contributed by atoms with van der Waals surface area (Å²) < 4.78 is 0. The summed E-state index contributed by atoms with van der Waals surface area (Å²) in [7, 11) is 2.10. The maximum atomic E-state index is 3.45.